The van der Waals surface area contributed by atoms with Crippen LogP contribution in [0.2, 0.25) is 0 Å². The van der Waals surface area contributed by atoms with Gasteiger partial charge in [0.05, 0.1) is 24.9 Å². The Bertz CT molecular complexity index is 603. The number of morpholine rings is 1. The molecular weight excluding hydrogens is 320 g/mol. The van der Waals surface area contributed by atoms with E-state index >= 15 is 0 Å². The van der Waals surface area contributed by atoms with Crippen molar-refractivity contribution < 1.29 is 19.0 Å². The smallest absolute Gasteiger partial charge is 0.322 e. The first-order chi connectivity index (χ1) is 12.3. The second-order valence-electron chi connectivity index (χ2n) is 7.00. The van der Waals surface area contributed by atoms with E-state index in [-0.39, 0.29) is 24.3 Å². The number of rotatable bonds is 4. The molecule has 1 aliphatic carbocycles. The van der Waals surface area contributed by atoms with Gasteiger partial charge in [0, 0.05) is 24.9 Å². The fourth-order valence-electron chi connectivity index (χ4n) is 4.00. The molecule has 2 saturated heterocycles. The van der Waals surface area contributed by atoms with Crippen molar-refractivity contribution in [2.75, 3.05) is 31.7 Å². The lowest BCUT2D eigenvalue weighted by molar-refractivity contribution is -0.0362. The van der Waals surface area contributed by atoms with Crippen molar-refractivity contribution in [3.05, 3.63) is 24.3 Å². The van der Waals surface area contributed by atoms with Gasteiger partial charge >= 0.3 is 6.03 Å². The van der Waals surface area contributed by atoms with E-state index in [4.69, 9.17) is 14.2 Å². The van der Waals surface area contributed by atoms with Crippen LogP contribution in [0, 0.1) is 0 Å². The van der Waals surface area contributed by atoms with Crippen LogP contribution in [0.4, 0.5) is 10.5 Å². The summed E-state index contributed by atoms with van der Waals surface area (Å²) in [7, 11) is 0. The fourth-order valence-corrected chi connectivity index (χ4v) is 4.00. The molecule has 0 spiro atoms. The number of benzene rings is 1. The fraction of sp³-hybridized carbons (Fsp3) is 0.632. The van der Waals surface area contributed by atoms with E-state index in [0.717, 1.165) is 50.1 Å². The Balaban J connectivity index is 1.35. The number of carbonyl (C=O) groups excluding carboxylic acids is 1. The monoisotopic (exact) mass is 346 g/mol. The normalized spacial score (nSPS) is 28.6. The van der Waals surface area contributed by atoms with E-state index < -0.39 is 0 Å². The van der Waals surface area contributed by atoms with Crippen LogP contribution in [-0.4, -0.2) is 55.5 Å². The molecule has 0 aromatic heterocycles. The van der Waals surface area contributed by atoms with E-state index in [2.05, 4.69) is 5.32 Å². The molecule has 3 fully saturated rings. The Labute approximate surface area is 148 Å². The minimum atomic E-state index is -0.0449. The number of ether oxygens (including phenoxy) is 3. The first-order valence-electron chi connectivity index (χ1n) is 9.33. The van der Waals surface area contributed by atoms with E-state index in [1.54, 1.807) is 0 Å². The minimum absolute atomic E-state index is 0.0449. The Morgan fingerprint density at radius 3 is 3.04 bits per heavy atom. The summed E-state index contributed by atoms with van der Waals surface area (Å²) in [6.07, 6.45) is 5.77. The topological polar surface area (TPSA) is 60.0 Å². The van der Waals surface area contributed by atoms with Crippen LogP contribution in [0.25, 0.3) is 0 Å². The Kier molecular flexibility index (Phi) is 5.08. The number of fused-ring (bicyclic) bond motifs is 1. The Hall–Kier alpha value is -1.79. The Morgan fingerprint density at radius 1 is 1.20 bits per heavy atom. The van der Waals surface area contributed by atoms with E-state index in [9.17, 15) is 4.79 Å². The zero-order chi connectivity index (χ0) is 17.1. The highest BCUT2D eigenvalue weighted by atomic mass is 16.5. The van der Waals surface area contributed by atoms with Crippen molar-refractivity contribution in [3.8, 4) is 5.75 Å². The van der Waals surface area contributed by atoms with Gasteiger partial charge in [0.25, 0.3) is 0 Å². The molecule has 3 atom stereocenters. The molecule has 1 aromatic rings. The molecule has 6 nitrogen and oxygen atoms in total. The van der Waals surface area contributed by atoms with Gasteiger partial charge in [-0.1, -0.05) is 6.07 Å². The van der Waals surface area contributed by atoms with Gasteiger partial charge in [-0.25, -0.2) is 4.79 Å². The third kappa shape index (κ3) is 3.90. The van der Waals surface area contributed by atoms with Gasteiger partial charge in [0.15, 0.2) is 0 Å². The van der Waals surface area contributed by atoms with Crippen molar-refractivity contribution in [2.24, 2.45) is 0 Å². The first-order valence-corrected chi connectivity index (χ1v) is 9.33. The standard InChI is InChI=1S/C19H26N2O4/c22-19(21-9-11-24-18-8-2-7-17(18)21)20-14-4-1-5-15(12-14)25-13-16-6-3-10-23-16/h1,4-5,12,16-18H,2-3,6-11,13H2,(H,20,22)/t16-,17+,18-/m0/s1. The van der Waals surface area contributed by atoms with E-state index in [1.807, 2.05) is 29.2 Å². The molecule has 3 aliphatic rings. The number of hydrogen-bond donors (Lipinski definition) is 1. The van der Waals surface area contributed by atoms with Gasteiger partial charge in [-0.3, -0.25) is 0 Å². The van der Waals surface area contributed by atoms with Crippen molar-refractivity contribution in [1.29, 1.82) is 0 Å². The molecule has 2 heterocycles. The third-order valence-electron chi connectivity index (χ3n) is 5.29. The van der Waals surface area contributed by atoms with Gasteiger partial charge in [-0.15, -0.1) is 0 Å². The van der Waals surface area contributed by atoms with Crippen LogP contribution in [0.15, 0.2) is 24.3 Å². The lowest BCUT2D eigenvalue weighted by Gasteiger charge is -2.37. The van der Waals surface area contributed by atoms with Crippen molar-refractivity contribution in [2.45, 2.75) is 50.4 Å². The van der Waals surface area contributed by atoms with E-state index in [0.29, 0.717) is 19.8 Å². The second kappa shape index (κ2) is 7.62. The first kappa shape index (κ1) is 16.7. The lowest BCUT2D eigenvalue weighted by atomic mass is 10.1. The summed E-state index contributed by atoms with van der Waals surface area (Å²) in [5, 5.41) is 3.01. The van der Waals surface area contributed by atoms with Crippen molar-refractivity contribution in [3.63, 3.8) is 0 Å². The quantitative estimate of drug-likeness (QED) is 0.910. The molecule has 1 N–H and O–H groups in total. The summed E-state index contributed by atoms with van der Waals surface area (Å²) >= 11 is 0. The maximum absolute atomic E-state index is 12.7. The van der Waals surface area contributed by atoms with Crippen LogP contribution >= 0.6 is 0 Å². The summed E-state index contributed by atoms with van der Waals surface area (Å²) in [5.74, 6) is 0.758. The van der Waals surface area contributed by atoms with Crippen molar-refractivity contribution in [1.82, 2.24) is 4.90 Å². The number of hydrogen-bond acceptors (Lipinski definition) is 4. The predicted molar refractivity (Wildman–Crippen MR) is 94.0 cm³/mol. The highest BCUT2D eigenvalue weighted by molar-refractivity contribution is 5.89. The molecule has 4 rings (SSSR count). The molecular formula is C19H26N2O4. The van der Waals surface area contributed by atoms with Gasteiger partial charge in [-0.2, -0.15) is 0 Å². The Morgan fingerprint density at radius 2 is 2.16 bits per heavy atom. The third-order valence-corrected chi connectivity index (χ3v) is 5.29. The molecule has 0 unspecified atom stereocenters. The van der Waals surface area contributed by atoms with Gasteiger partial charge in [-0.05, 0) is 44.2 Å². The van der Waals surface area contributed by atoms with Gasteiger partial charge < -0.3 is 24.4 Å². The van der Waals surface area contributed by atoms with Crippen LogP contribution < -0.4 is 10.1 Å². The molecule has 2 amide bonds. The molecule has 6 heteroatoms. The van der Waals surface area contributed by atoms with Gasteiger partial charge in [0.1, 0.15) is 12.4 Å². The summed E-state index contributed by atoms with van der Waals surface area (Å²) in [4.78, 5) is 14.6. The summed E-state index contributed by atoms with van der Waals surface area (Å²) in [5.41, 5.74) is 0.760. The van der Waals surface area contributed by atoms with Crippen LogP contribution in [0.1, 0.15) is 32.1 Å². The molecule has 136 valence electrons. The second-order valence-corrected chi connectivity index (χ2v) is 7.00. The minimum Gasteiger partial charge on any atom is -0.491 e. The average Bonchev–Trinajstić information content (AvgIpc) is 3.31. The highest BCUT2D eigenvalue weighted by Gasteiger charge is 2.38. The number of nitrogens with one attached hydrogen (secondary N) is 1. The van der Waals surface area contributed by atoms with Crippen molar-refractivity contribution >= 4 is 11.7 Å². The summed E-state index contributed by atoms with van der Waals surface area (Å²) in [6, 6.07) is 7.75. The van der Waals surface area contributed by atoms with Crippen LogP contribution in [0.5, 0.6) is 5.75 Å². The molecule has 25 heavy (non-hydrogen) atoms. The molecule has 0 bridgehead atoms. The number of urea groups is 1. The molecule has 2 aliphatic heterocycles. The number of amides is 2. The summed E-state index contributed by atoms with van der Waals surface area (Å²) < 4.78 is 17.2. The summed E-state index contributed by atoms with van der Waals surface area (Å²) in [6.45, 7) is 2.66. The molecule has 0 radical (unpaired) electrons. The zero-order valence-corrected chi connectivity index (χ0v) is 14.5. The maximum Gasteiger partial charge on any atom is 0.322 e. The SMILES string of the molecule is O=C(Nc1cccc(OC[C@@H]2CCCO2)c1)N1CCO[C@H]2CCC[C@H]21. The lowest BCUT2D eigenvalue weighted by Crippen LogP contribution is -2.52. The number of anilines is 1. The number of nitrogens with zero attached hydrogens (tertiary/aromatic N) is 1. The molecule has 1 saturated carbocycles. The largest absolute Gasteiger partial charge is 0.491 e. The number of carbonyl (C=O) groups is 1. The predicted octanol–water partition coefficient (Wildman–Crippen LogP) is 3.03. The van der Waals surface area contributed by atoms with Crippen LogP contribution in [-0.2, 0) is 9.47 Å². The van der Waals surface area contributed by atoms with E-state index in [1.165, 1.54) is 0 Å². The molecule has 1 aromatic carbocycles. The highest BCUT2D eigenvalue weighted by Crippen LogP contribution is 2.30. The average molecular weight is 346 g/mol. The zero-order valence-electron chi connectivity index (χ0n) is 14.5. The van der Waals surface area contributed by atoms with Gasteiger partial charge in [0.2, 0.25) is 0 Å². The van der Waals surface area contributed by atoms with Crippen LogP contribution in [0.3, 0.4) is 0 Å². The maximum atomic E-state index is 12.7.